The summed E-state index contributed by atoms with van der Waals surface area (Å²) in [5.41, 5.74) is 2.10. The minimum atomic E-state index is -0.151. The first kappa shape index (κ1) is 16.1. The smallest absolute Gasteiger partial charge is 0.115 e. The zero-order chi connectivity index (χ0) is 15.2. The van der Waals surface area contributed by atoms with Gasteiger partial charge >= 0.3 is 0 Å². The Kier molecular flexibility index (Phi) is 5.59. The molecule has 0 saturated carbocycles. The van der Waals surface area contributed by atoms with Crippen LogP contribution in [0.4, 0.5) is 0 Å². The first-order valence-corrected chi connectivity index (χ1v) is 6.61. The summed E-state index contributed by atoms with van der Waals surface area (Å²) in [5, 5.41) is 26.2. The topological polar surface area (TPSA) is 60.7 Å². The quantitative estimate of drug-likeness (QED) is 0.786. The van der Waals surface area contributed by atoms with Gasteiger partial charge in [0.05, 0.1) is 0 Å². The van der Waals surface area contributed by atoms with Crippen molar-refractivity contribution in [3.63, 3.8) is 0 Å². The molecule has 0 aromatic heterocycles. The van der Waals surface area contributed by atoms with Crippen molar-refractivity contribution in [2.45, 2.75) is 26.2 Å². The lowest BCUT2D eigenvalue weighted by Gasteiger charge is -2.26. The number of phenols is 2. The first-order chi connectivity index (χ1) is 9.41. The lowest BCUT2D eigenvalue weighted by molar-refractivity contribution is 0.318. The summed E-state index contributed by atoms with van der Waals surface area (Å²) in [5.74, 6) is 0.547. The minimum absolute atomic E-state index is 0.151. The van der Waals surface area contributed by atoms with Gasteiger partial charge in [-0.25, -0.2) is 0 Å². The molecular weight excluding hydrogens is 252 g/mol. The van der Waals surface area contributed by atoms with Gasteiger partial charge in [0.2, 0.25) is 0 Å². The molecule has 0 unspecified atom stereocenters. The Bertz CT molecular complexity index is 465. The Morgan fingerprint density at radius 1 is 0.750 bits per heavy atom. The molecule has 0 fully saturated rings. The Labute approximate surface area is 120 Å². The minimum Gasteiger partial charge on any atom is -0.508 e. The average Bonchev–Trinajstić information content (AvgIpc) is 2.40. The van der Waals surface area contributed by atoms with E-state index >= 15 is 0 Å². The lowest BCUT2D eigenvalue weighted by Crippen LogP contribution is -2.18. The molecule has 0 aliphatic heterocycles. The van der Waals surface area contributed by atoms with E-state index in [1.54, 1.807) is 31.2 Å². The lowest BCUT2D eigenvalue weighted by atomic mass is 9.78. The highest BCUT2D eigenvalue weighted by Crippen LogP contribution is 2.32. The summed E-state index contributed by atoms with van der Waals surface area (Å²) in [7, 11) is 0. The van der Waals surface area contributed by atoms with Crippen LogP contribution >= 0.6 is 0 Å². The van der Waals surface area contributed by atoms with E-state index in [9.17, 15) is 10.2 Å². The molecule has 108 valence electrons. The summed E-state index contributed by atoms with van der Waals surface area (Å²) in [6.45, 7) is 6.16. The third-order valence-corrected chi connectivity index (χ3v) is 3.18. The van der Waals surface area contributed by atoms with Gasteiger partial charge in [-0.2, -0.15) is 0 Å². The Morgan fingerprint density at radius 2 is 1.00 bits per heavy atom. The molecule has 2 rings (SSSR count). The number of aliphatic hydroxyl groups is 1. The fourth-order valence-corrected chi connectivity index (χ4v) is 1.92. The van der Waals surface area contributed by atoms with Gasteiger partial charge in [-0.15, -0.1) is 0 Å². The van der Waals surface area contributed by atoms with Crippen molar-refractivity contribution in [1.29, 1.82) is 0 Å². The second-order valence-corrected chi connectivity index (χ2v) is 5.03. The SMILES string of the molecule is CC(C)(c1ccc(O)cc1)c1ccc(O)cc1.CCO. The Balaban J connectivity index is 0.000000612. The van der Waals surface area contributed by atoms with Crippen LogP contribution in [0.3, 0.4) is 0 Å². The molecule has 0 amide bonds. The number of aliphatic hydroxyl groups excluding tert-OH is 1. The van der Waals surface area contributed by atoms with E-state index < -0.39 is 0 Å². The van der Waals surface area contributed by atoms with Crippen LogP contribution in [0.1, 0.15) is 31.9 Å². The molecule has 2 aromatic carbocycles. The number of hydrogen-bond donors (Lipinski definition) is 3. The van der Waals surface area contributed by atoms with E-state index in [-0.39, 0.29) is 23.5 Å². The molecule has 0 radical (unpaired) electrons. The second kappa shape index (κ2) is 6.96. The first-order valence-electron chi connectivity index (χ1n) is 6.61. The van der Waals surface area contributed by atoms with Crippen molar-refractivity contribution in [1.82, 2.24) is 0 Å². The molecule has 3 nitrogen and oxygen atoms in total. The fraction of sp³-hybridized carbons (Fsp3) is 0.294. The number of hydrogen-bond acceptors (Lipinski definition) is 3. The van der Waals surface area contributed by atoms with Crippen molar-refractivity contribution in [3.05, 3.63) is 59.7 Å². The summed E-state index contributed by atoms with van der Waals surface area (Å²) in [6.07, 6.45) is 0. The van der Waals surface area contributed by atoms with Gasteiger partial charge in [0.25, 0.3) is 0 Å². The van der Waals surface area contributed by atoms with Crippen LogP contribution in [0.5, 0.6) is 11.5 Å². The summed E-state index contributed by atoms with van der Waals surface area (Å²) in [4.78, 5) is 0. The van der Waals surface area contributed by atoms with Gasteiger partial charge in [0.15, 0.2) is 0 Å². The van der Waals surface area contributed by atoms with E-state index in [4.69, 9.17) is 5.11 Å². The summed E-state index contributed by atoms with van der Waals surface area (Å²) in [6, 6.07) is 14.4. The van der Waals surface area contributed by atoms with Crippen molar-refractivity contribution in [2.24, 2.45) is 0 Å². The molecule has 0 heterocycles. The van der Waals surface area contributed by atoms with E-state index in [1.807, 2.05) is 24.3 Å². The van der Waals surface area contributed by atoms with Crippen molar-refractivity contribution in [2.75, 3.05) is 6.61 Å². The number of benzene rings is 2. The van der Waals surface area contributed by atoms with Crippen molar-refractivity contribution < 1.29 is 15.3 Å². The molecule has 3 heteroatoms. The maximum atomic E-state index is 9.30. The monoisotopic (exact) mass is 274 g/mol. The van der Waals surface area contributed by atoms with Gasteiger partial charge in [0.1, 0.15) is 11.5 Å². The highest BCUT2D eigenvalue weighted by Gasteiger charge is 2.22. The molecule has 2 aromatic rings. The van der Waals surface area contributed by atoms with Gasteiger partial charge in [-0.1, -0.05) is 38.1 Å². The zero-order valence-corrected chi connectivity index (χ0v) is 12.2. The van der Waals surface area contributed by atoms with Crippen molar-refractivity contribution in [3.8, 4) is 11.5 Å². The van der Waals surface area contributed by atoms with Crippen LogP contribution in [0.25, 0.3) is 0 Å². The Hall–Kier alpha value is -2.00. The van der Waals surface area contributed by atoms with Crippen LogP contribution in [0.2, 0.25) is 0 Å². The molecule has 3 N–H and O–H groups in total. The van der Waals surface area contributed by atoms with Crippen LogP contribution < -0.4 is 0 Å². The summed E-state index contributed by atoms with van der Waals surface area (Å²) >= 11 is 0. The molecule has 0 aliphatic carbocycles. The van der Waals surface area contributed by atoms with Gasteiger partial charge in [-0.3, -0.25) is 0 Å². The molecule has 0 aliphatic rings. The molecular formula is C17H22O3. The van der Waals surface area contributed by atoms with Crippen LogP contribution in [0.15, 0.2) is 48.5 Å². The van der Waals surface area contributed by atoms with Crippen LogP contribution in [-0.4, -0.2) is 21.9 Å². The second-order valence-electron chi connectivity index (χ2n) is 5.03. The third-order valence-electron chi connectivity index (χ3n) is 3.18. The highest BCUT2D eigenvalue weighted by atomic mass is 16.3. The molecule has 0 spiro atoms. The maximum absolute atomic E-state index is 9.30. The highest BCUT2D eigenvalue weighted by molar-refractivity contribution is 5.41. The maximum Gasteiger partial charge on any atom is 0.115 e. The van der Waals surface area contributed by atoms with E-state index in [0.29, 0.717) is 0 Å². The number of rotatable bonds is 2. The third kappa shape index (κ3) is 4.00. The standard InChI is InChI=1S/C15H16O2.C2H6O/c1-15(2,11-3-7-13(16)8-4-11)12-5-9-14(17)10-6-12;1-2-3/h3-10,16-17H,1-2H3;3H,2H2,1H3. The van der Waals surface area contributed by atoms with Gasteiger partial charge in [0, 0.05) is 12.0 Å². The van der Waals surface area contributed by atoms with Crippen molar-refractivity contribution >= 4 is 0 Å². The number of phenolic OH excluding ortho intramolecular Hbond substituents is 2. The molecule has 20 heavy (non-hydrogen) atoms. The van der Waals surface area contributed by atoms with Crippen LogP contribution in [0, 0.1) is 0 Å². The molecule has 0 atom stereocenters. The zero-order valence-electron chi connectivity index (χ0n) is 12.2. The van der Waals surface area contributed by atoms with Gasteiger partial charge in [-0.05, 0) is 42.3 Å². The van der Waals surface area contributed by atoms with Gasteiger partial charge < -0.3 is 15.3 Å². The van der Waals surface area contributed by atoms with E-state index in [0.717, 1.165) is 11.1 Å². The average molecular weight is 274 g/mol. The Morgan fingerprint density at radius 3 is 1.25 bits per heavy atom. The largest absolute Gasteiger partial charge is 0.508 e. The predicted octanol–water partition coefficient (Wildman–Crippen LogP) is 3.42. The van der Waals surface area contributed by atoms with Crippen LogP contribution in [-0.2, 0) is 5.41 Å². The van der Waals surface area contributed by atoms with E-state index in [1.165, 1.54) is 0 Å². The normalized spacial score (nSPS) is 10.6. The summed E-state index contributed by atoms with van der Waals surface area (Å²) < 4.78 is 0. The molecule has 0 bridgehead atoms. The fourth-order valence-electron chi connectivity index (χ4n) is 1.92. The van der Waals surface area contributed by atoms with E-state index in [2.05, 4.69) is 13.8 Å². The predicted molar refractivity (Wildman–Crippen MR) is 81.1 cm³/mol. The number of aromatic hydroxyl groups is 2. The molecule has 0 saturated heterocycles.